The molecular weight excluding hydrogens is 366 g/mol. The van der Waals surface area contributed by atoms with E-state index in [0.717, 1.165) is 38.9 Å². The second-order valence-corrected chi connectivity index (χ2v) is 7.95. The fourth-order valence-corrected chi connectivity index (χ4v) is 3.12. The molecule has 0 saturated carbocycles. The summed E-state index contributed by atoms with van der Waals surface area (Å²) in [7, 11) is 0. The van der Waals surface area contributed by atoms with Crippen LogP contribution in [0.1, 0.15) is 70.8 Å². The van der Waals surface area contributed by atoms with Gasteiger partial charge in [-0.1, -0.05) is 27.7 Å². The highest BCUT2D eigenvalue weighted by molar-refractivity contribution is 5.92. The Kier molecular flexibility index (Phi) is 12.1. The van der Waals surface area contributed by atoms with E-state index in [9.17, 15) is 9.59 Å². The van der Waals surface area contributed by atoms with Crippen molar-refractivity contribution in [3.05, 3.63) is 24.3 Å². The summed E-state index contributed by atoms with van der Waals surface area (Å²) >= 11 is 0. The summed E-state index contributed by atoms with van der Waals surface area (Å²) in [6.07, 6.45) is 7.74. The Balaban J connectivity index is 2.49. The van der Waals surface area contributed by atoms with Crippen molar-refractivity contribution in [1.82, 2.24) is 25.1 Å². The maximum Gasteiger partial charge on any atom is 0.274 e. The minimum atomic E-state index is -0.168. The van der Waals surface area contributed by atoms with Gasteiger partial charge in [-0.25, -0.2) is 4.98 Å². The molecule has 1 N–H and O–H groups in total. The average Bonchev–Trinajstić information content (AvgIpc) is 2.71. The molecule has 0 bridgehead atoms. The Labute approximate surface area is 176 Å². The van der Waals surface area contributed by atoms with E-state index in [1.165, 1.54) is 12.4 Å². The Morgan fingerprint density at radius 1 is 1.03 bits per heavy atom. The van der Waals surface area contributed by atoms with Crippen LogP contribution in [0.3, 0.4) is 0 Å². The second-order valence-electron chi connectivity index (χ2n) is 7.95. The SMILES string of the molecule is CCN(CC)CCCC(C)NC(=O)CCN(CCC(C)C)C(=O)c1cnccn1. The predicted molar refractivity (Wildman–Crippen MR) is 117 cm³/mol. The number of carbonyl (C=O) groups excluding carboxylic acids is 2. The van der Waals surface area contributed by atoms with Crippen LogP contribution >= 0.6 is 0 Å². The number of hydrogen-bond donors (Lipinski definition) is 1. The lowest BCUT2D eigenvalue weighted by molar-refractivity contribution is -0.121. The highest BCUT2D eigenvalue weighted by Crippen LogP contribution is 2.08. The summed E-state index contributed by atoms with van der Waals surface area (Å²) in [5.74, 6) is 0.299. The fraction of sp³-hybridized carbons (Fsp3) is 0.727. The maximum atomic E-state index is 12.7. The topological polar surface area (TPSA) is 78.4 Å². The van der Waals surface area contributed by atoms with Gasteiger partial charge in [0.05, 0.1) is 6.20 Å². The van der Waals surface area contributed by atoms with Crippen LogP contribution in [-0.2, 0) is 4.79 Å². The molecule has 1 rings (SSSR count). The molecule has 0 aliphatic carbocycles. The van der Waals surface area contributed by atoms with Crippen LogP contribution in [0.15, 0.2) is 18.6 Å². The number of nitrogens with zero attached hydrogens (tertiary/aromatic N) is 4. The van der Waals surface area contributed by atoms with Gasteiger partial charge in [-0.05, 0) is 51.7 Å². The molecule has 7 nitrogen and oxygen atoms in total. The summed E-state index contributed by atoms with van der Waals surface area (Å²) < 4.78 is 0. The first-order valence-electron chi connectivity index (χ1n) is 10.9. The van der Waals surface area contributed by atoms with E-state index >= 15 is 0 Å². The van der Waals surface area contributed by atoms with Crippen molar-refractivity contribution in [2.75, 3.05) is 32.7 Å². The predicted octanol–water partition coefficient (Wildman–Crippen LogP) is 2.98. The summed E-state index contributed by atoms with van der Waals surface area (Å²) in [4.78, 5) is 37.3. The molecule has 1 heterocycles. The first-order chi connectivity index (χ1) is 13.9. The van der Waals surface area contributed by atoms with Crippen molar-refractivity contribution >= 4 is 11.8 Å². The molecule has 29 heavy (non-hydrogen) atoms. The van der Waals surface area contributed by atoms with Crippen LogP contribution in [0.4, 0.5) is 0 Å². The number of nitrogens with one attached hydrogen (secondary N) is 1. The lowest BCUT2D eigenvalue weighted by atomic mass is 10.1. The largest absolute Gasteiger partial charge is 0.354 e. The zero-order valence-corrected chi connectivity index (χ0v) is 18.9. The molecular formula is C22H39N5O2. The lowest BCUT2D eigenvalue weighted by Crippen LogP contribution is -2.39. The first-order valence-corrected chi connectivity index (χ1v) is 10.9. The molecule has 1 aromatic heterocycles. The molecule has 0 radical (unpaired) electrons. The highest BCUT2D eigenvalue weighted by Gasteiger charge is 2.19. The van der Waals surface area contributed by atoms with Gasteiger partial charge in [0.1, 0.15) is 5.69 Å². The van der Waals surface area contributed by atoms with Gasteiger partial charge in [-0.2, -0.15) is 0 Å². The molecule has 0 aliphatic rings. The third-order valence-electron chi connectivity index (χ3n) is 5.07. The van der Waals surface area contributed by atoms with E-state index in [2.05, 4.69) is 47.9 Å². The van der Waals surface area contributed by atoms with E-state index in [1.54, 1.807) is 11.1 Å². The molecule has 164 valence electrons. The Bertz CT molecular complexity index is 590. The minimum absolute atomic E-state index is 0.0122. The van der Waals surface area contributed by atoms with Crippen LogP contribution in [0, 0.1) is 5.92 Å². The van der Waals surface area contributed by atoms with E-state index < -0.39 is 0 Å². The lowest BCUT2D eigenvalue weighted by Gasteiger charge is -2.24. The van der Waals surface area contributed by atoms with Gasteiger partial charge in [0.25, 0.3) is 5.91 Å². The molecule has 0 aromatic carbocycles. The monoisotopic (exact) mass is 405 g/mol. The summed E-state index contributed by atoms with van der Waals surface area (Å²) in [6.45, 7) is 14.8. The number of rotatable bonds is 14. The fourth-order valence-electron chi connectivity index (χ4n) is 3.12. The van der Waals surface area contributed by atoms with Crippen molar-refractivity contribution in [1.29, 1.82) is 0 Å². The van der Waals surface area contributed by atoms with Crippen molar-refractivity contribution < 1.29 is 9.59 Å². The number of hydrogen-bond acceptors (Lipinski definition) is 5. The van der Waals surface area contributed by atoms with Crippen molar-refractivity contribution in [3.63, 3.8) is 0 Å². The van der Waals surface area contributed by atoms with Crippen LogP contribution in [0.5, 0.6) is 0 Å². The molecule has 0 spiro atoms. The zero-order chi connectivity index (χ0) is 21.6. The van der Waals surface area contributed by atoms with Crippen LogP contribution in [0.2, 0.25) is 0 Å². The van der Waals surface area contributed by atoms with Crippen molar-refractivity contribution in [2.24, 2.45) is 5.92 Å². The quantitative estimate of drug-likeness (QED) is 0.515. The summed E-state index contributed by atoms with van der Waals surface area (Å²) in [6, 6.07) is 0.137. The van der Waals surface area contributed by atoms with E-state index in [-0.39, 0.29) is 17.9 Å². The zero-order valence-electron chi connectivity index (χ0n) is 18.9. The van der Waals surface area contributed by atoms with Gasteiger partial charge in [0.15, 0.2) is 0 Å². The minimum Gasteiger partial charge on any atom is -0.354 e. The Morgan fingerprint density at radius 2 is 1.76 bits per heavy atom. The molecule has 0 saturated heterocycles. The van der Waals surface area contributed by atoms with Gasteiger partial charge >= 0.3 is 0 Å². The molecule has 7 heteroatoms. The number of aromatic nitrogens is 2. The molecule has 1 unspecified atom stereocenters. The molecule has 0 fully saturated rings. The normalized spacial score (nSPS) is 12.2. The van der Waals surface area contributed by atoms with Crippen LogP contribution in [-0.4, -0.2) is 70.3 Å². The van der Waals surface area contributed by atoms with E-state index in [4.69, 9.17) is 0 Å². The van der Waals surface area contributed by atoms with Crippen molar-refractivity contribution in [3.8, 4) is 0 Å². The van der Waals surface area contributed by atoms with E-state index in [0.29, 0.717) is 31.1 Å². The molecule has 2 amide bonds. The average molecular weight is 406 g/mol. The third-order valence-corrected chi connectivity index (χ3v) is 5.07. The highest BCUT2D eigenvalue weighted by atomic mass is 16.2. The Morgan fingerprint density at radius 3 is 2.34 bits per heavy atom. The van der Waals surface area contributed by atoms with Crippen LogP contribution in [0.25, 0.3) is 0 Å². The van der Waals surface area contributed by atoms with Gasteiger partial charge in [0.2, 0.25) is 5.91 Å². The standard InChI is InChI=1S/C22H39N5O2/c1-6-26(7-2)14-8-9-19(5)25-21(28)11-16-27(15-10-18(3)4)22(29)20-17-23-12-13-24-20/h12-13,17-19H,6-11,14-16H2,1-5H3,(H,25,28). The summed E-state index contributed by atoms with van der Waals surface area (Å²) in [5, 5.41) is 3.07. The van der Waals surface area contributed by atoms with Gasteiger partial charge < -0.3 is 15.1 Å². The molecule has 0 aliphatic heterocycles. The maximum absolute atomic E-state index is 12.7. The molecule has 1 aromatic rings. The number of amides is 2. The smallest absolute Gasteiger partial charge is 0.274 e. The first kappa shape index (κ1) is 25.0. The molecule has 1 atom stereocenters. The number of carbonyl (C=O) groups is 2. The van der Waals surface area contributed by atoms with Crippen molar-refractivity contribution in [2.45, 2.75) is 66.3 Å². The summed E-state index contributed by atoms with van der Waals surface area (Å²) in [5.41, 5.74) is 0.321. The van der Waals surface area contributed by atoms with Gasteiger partial charge in [0, 0.05) is 37.9 Å². The third kappa shape index (κ3) is 10.4. The van der Waals surface area contributed by atoms with Crippen LogP contribution < -0.4 is 5.32 Å². The van der Waals surface area contributed by atoms with E-state index in [1.807, 2.05) is 6.92 Å². The Hall–Kier alpha value is -2.02. The second kappa shape index (κ2) is 14.0. The van der Waals surface area contributed by atoms with Gasteiger partial charge in [-0.15, -0.1) is 0 Å². The van der Waals surface area contributed by atoms with Gasteiger partial charge in [-0.3, -0.25) is 14.6 Å².